The van der Waals surface area contributed by atoms with Gasteiger partial charge in [-0.15, -0.1) is 0 Å². The molecule has 0 amide bonds. The third-order valence-electron chi connectivity index (χ3n) is 3.08. The number of benzene rings is 2. The van der Waals surface area contributed by atoms with Crippen molar-refractivity contribution >= 4 is 0 Å². The van der Waals surface area contributed by atoms with E-state index in [9.17, 15) is 13.2 Å². The second-order valence-electron chi connectivity index (χ2n) is 5.07. The van der Waals surface area contributed by atoms with E-state index in [0.29, 0.717) is 23.5 Å². The summed E-state index contributed by atoms with van der Waals surface area (Å²) in [6.07, 6.45) is -4.35. The van der Waals surface area contributed by atoms with Gasteiger partial charge in [-0.3, -0.25) is 0 Å². The number of alkyl halides is 3. The molecule has 5 heteroatoms. The third kappa shape index (κ3) is 4.49. The Morgan fingerprint density at radius 1 is 0.955 bits per heavy atom. The van der Waals surface area contributed by atoms with Crippen LogP contribution in [0.25, 0.3) is 0 Å². The van der Waals surface area contributed by atoms with Crippen molar-refractivity contribution in [2.45, 2.75) is 26.3 Å². The lowest BCUT2D eigenvalue weighted by Crippen LogP contribution is -2.07. The van der Waals surface area contributed by atoms with Gasteiger partial charge in [0, 0.05) is 7.11 Å². The molecule has 0 radical (unpaired) electrons. The summed E-state index contributed by atoms with van der Waals surface area (Å²) in [7, 11) is 1.60. The lowest BCUT2D eigenvalue weighted by atomic mass is 10.1. The van der Waals surface area contributed by atoms with E-state index in [0.717, 1.165) is 17.7 Å². The Kier molecular flexibility index (Phi) is 5.08. The molecule has 0 spiro atoms. The Hall–Kier alpha value is -2.01. The van der Waals surface area contributed by atoms with Gasteiger partial charge in [-0.25, -0.2) is 0 Å². The van der Waals surface area contributed by atoms with Gasteiger partial charge in [0.1, 0.15) is 12.4 Å². The lowest BCUT2D eigenvalue weighted by molar-refractivity contribution is -0.137. The first kappa shape index (κ1) is 16.4. The second-order valence-corrected chi connectivity index (χ2v) is 5.07. The normalized spacial score (nSPS) is 11.5. The molecule has 0 aliphatic carbocycles. The smallest absolute Gasteiger partial charge is 0.416 e. The molecular formula is C17H17F3O2. The van der Waals surface area contributed by atoms with Crippen LogP contribution in [0.5, 0.6) is 5.75 Å². The Morgan fingerprint density at radius 3 is 2.41 bits per heavy atom. The molecule has 0 atom stereocenters. The quantitative estimate of drug-likeness (QED) is 0.794. The zero-order valence-corrected chi connectivity index (χ0v) is 12.4. The molecule has 0 aliphatic heterocycles. The molecule has 0 saturated heterocycles. The summed E-state index contributed by atoms with van der Waals surface area (Å²) in [5.74, 6) is 0.601. The van der Waals surface area contributed by atoms with Crippen molar-refractivity contribution in [3.8, 4) is 5.75 Å². The van der Waals surface area contributed by atoms with Gasteiger partial charge in [-0.05, 0) is 42.3 Å². The van der Waals surface area contributed by atoms with Gasteiger partial charge in [-0.1, -0.05) is 23.8 Å². The largest absolute Gasteiger partial charge is 0.489 e. The molecule has 2 aromatic rings. The summed E-state index contributed by atoms with van der Waals surface area (Å²) in [6, 6.07) is 11.2. The van der Waals surface area contributed by atoms with Crippen molar-refractivity contribution in [1.82, 2.24) is 0 Å². The van der Waals surface area contributed by atoms with Crippen molar-refractivity contribution < 1.29 is 22.6 Å². The van der Waals surface area contributed by atoms with Gasteiger partial charge < -0.3 is 9.47 Å². The monoisotopic (exact) mass is 310 g/mol. The second kappa shape index (κ2) is 6.83. The van der Waals surface area contributed by atoms with E-state index < -0.39 is 11.7 Å². The number of aryl methyl sites for hydroxylation is 1. The van der Waals surface area contributed by atoms with Crippen molar-refractivity contribution in [3.05, 3.63) is 64.7 Å². The zero-order valence-electron chi connectivity index (χ0n) is 12.4. The maximum absolute atomic E-state index is 12.8. The van der Waals surface area contributed by atoms with Crippen LogP contribution in [0, 0.1) is 6.92 Å². The molecule has 118 valence electrons. The van der Waals surface area contributed by atoms with Crippen molar-refractivity contribution in [2.24, 2.45) is 0 Å². The molecule has 0 saturated carbocycles. The van der Waals surface area contributed by atoms with Crippen LogP contribution in [0.15, 0.2) is 42.5 Å². The van der Waals surface area contributed by atoms with Crippen LogP contribution in [0.4, 0.5) is 13.2 Å². The summed E-state index contributed by atoms with van der Waals surface area (Å²) in [6.45, 7) is 2.18. The minimum absolute atomic E-state index is 0.0845. The number of hydrogen-bond acceptors (Lipinski definition) is 2. The lowest BCUT2D eigenvalue weighted by Gasteiger charge is -2.12. The van der Waals surface area contributed by atoms with Crippen LogP contribution in [-0.4, -0.2) is 7.11 Å². The van der Waals surface area contributed by atoms with Gasteiger partial charge >= 0.3 is 6.18 Å². The van der Waals surface area contributed by atoms with Crippen LogP contribution >= 0.6 is 0 Å². The first-order valence-electron chi connectivity index (χ1n) is 6.77. The number of rotatable bonds is 5. The SMILES string of the molecule is COCc1cccc(OCc2cc(C)cc(C(F)(F)F)c2)c1. The average Bonchev–Trinajstić information content (AvgIpc) is 2.44. The van der Waals surface area contributed by atoms with Gasteiger partial charge in [0.15, 0.2) is 0 Å². The standard InChI is InChI=1S/C17H17F3O2/c1-12-6-14(8-15(7-12)17(18,19)20)11-22-16-5-3-4-13(9-16)10-21-2/h3-9H,10-11H2,1-2H3. The van der Waals surface area contributed by atoms with Crippen molar-refractivity contribution in [3.63, 3.8) is 0 Å². The van der Waals surface area contributed by atoms with Crippen molar-refractivity contribution in [2.75, 3.05) is 7.11 Å². The van der Waals surface area contributed by atoms with Crippen LogP contribution in [0.1, 0.15) is 22.3 Å². The highest BCUT2D eigenvalue weighted by Gasteiger charge is 2.30. The molecule has 2 nitrogen and oxygen atoms in total. The zero-order chi connectivity index (χ0) is 16.2. The predicted molar refractivity (Wildman–Crippen MR) is 77.7 cm³/mol. The minimum atomic E-state index is -4.35. The number of methoxy groups -OCH3 is 1. The van der Waals surface area contributed by atoms with E-state index in [1.165, 1.54) is 0 Å². The van der Waals surface area contributed by atoms with E-state index in [1.807, 2.05) is 18.2 Å². The Balaban J connectivity index is 2.11. The molecule has 0 heterocycles. The molecule has 0 aromatic heterocycles. The average molecular weight is 310 g/mol. The molecule has 0 bridgehead atoms. The predicted octanol–water partition coefficient (Wildman–Crippen LogP) is 4.74. The van der Waals surface area contributed by atoms with E-state index >= 15 is 0 Å². The number of hydrogen-bond donors (Lipinski definition) is 0. The van der Waals surface area contributed by atoms with E-state index in [-0.39, 0.29) is 6.61 Å². The van der Waals surface area contributed by atoms with Gasteiger partial charge in [0.2, 0.25) is 0 Å². The molecule has 2 aromatic carbocycles. The van der Waals surface area contributed by atoms with Gasteiger partial charge in [-0.2, -0.15) is 13.2 Å². The fourth-order valence-electron chi connectivity index (χ4n) is 2.17. The first-order chi connectivity index (χ1) is 10.4. The van der Waals surface area contributed by atoms with Crippen LogP contribution < -0.4 is 4.74 Å². The molecule has 2 rings (SSSR count). The van der Waals surface area contributed by atoms with Crippen molar-refractivity contribution in [1.29, 1.82) is 0 Å². The fourth-order valence-corrected chi connectivity index (χ4v) is 2.17. The fraction of sp³-hybridized carbons (Fsp3) is 0.294. The first-order valence-corrected chi connectivity index (χ1v) is 6.77. The Bertz CT molecular complexity index is 636. The Labute approximate surface area is 127 Å². The van der Waals surface area contributed by atoms with E-state index in [1.54, 1.807) is 26.2 Å². The van der Waals surface area contributed by atoms with Crippen LogP contribution in [0.3, 0.4) is 0 Å². The van der Waals surface area contributed by atoms with Gasteiger partial charge in [0.05, 0.1) is 12.2 Å². The number of ether oxygens (including phenoxy) is 2. The molecule has 0 aliphatic rings. The highest BCUT2D eigenvalue weighted by molar-refractivity contribution is 5.32. The van der Waals surface area contributed by atoms with Gasteiger partial charge in [0.25, 0.3) is 0 Å². The minimum Gasteiger partial charge on any atom is -0.489 e. The highest BCUT2D eigenvalue weighted by Crippen LogP contribution is 2.30. The Morgan fingerprint density at radius 2 is 1.73 bits per heavy atom. The van der Waals surface area contributed by atoms with Crippen LogP contribution in [-0.2, 0) is 24.1 Å². The highest BCUT2D eigenvalue weighted by atomic mass is 19.4. The number of halogens is 3. The van der Waals surface area contributed by atoms with Crippen LogP contribution in [0.2, 0.25) is 0 Å². The molecule has 0 fully saturated rings. The third-order valence-corrected chi connectivity index (χ3v) is 3.08. The summed E-state index contributed by atoms with van der Waals surface area (Å²) in [5, 5.41) is 0. The summed E-state index contributed by atoms with van der Waals surface area (Å²) >= 11 is 0. The maximum Gasteiger partial charge on any atom is 0.416 e. The topological polar surface area (TPSA) is 18.5 Å². The summed E-state index contributed by atoms with van der Waals surface area (Å²) in [5.41, 5.74) is 1.34. The summed E-state index contributed by atoms with van der Waals surface area (Å²) < 4.78 is 49.0. The summed E-state index contributed by atoms with van der Waals surface area (Å²) in [4.78, 5) is 0. The molecule has 0 unspecified atom stereocenters. The molecular weight excluding hydrogens is 293 g/mol. The maximum atomic E-state index is 12.8. The molecule has 0 N–H and O–H groups in total. The van der Waals surface area contributed by atoms with E-state index in [4.69, 9.17) is 9.47 Å². The van der Waals surface area contributed by atoms with E-state index in [2.05, 4.69) is 0 Å². The molecule has 22 heavy (non-hydrogen) atoms.